The van der Waals surface area contributed by atoms with Crippen molar-refractivity contribution in [2.45, 2.75) is 36.9 Å². The van der Waals surface area contributed by atoms with Crippen LogP contribution in [0.5, 0.6) is 0 Å². The van der Waals surface area contributed by atoms with Crippen molar-refractivity contribution in [3.63, 3.8) is 0 Å². The fraction of sp³-hybridized carbons (Fsp3) is 0.636. The third-order valence-corrected chi connectivity index (χ3v) is 5.07. The maximum absolute atomic E-state index is 11.4. The van der Waals surface area contributed by atoms with Crippen LogP contribution >= 0.6 is 0 Å². The van der Waals surface area contributed by atoms with E-state index in [1.807, 2.05) is 0 Å². The second-order valence-electron chi connectivity index (χ2n) is 4.16. The van der Waals surface area contributed by atoms with Crippen molar-refractivity contribution in [1.29, 1.82) is 0 Å². The van der Waals surface area contributed by atoms with E-state index in [4.69, 9.17) is 17.4 Å². The second-order valence-corrected chi connectivity index (χ2v) is 7.55. The summed E-state index contributed by atoms with van der Waals surface area (Å²) in [5.74, 6) is 3.82. The van der Waals surface area contributed by atoms with Gasteiger partial charge in [0, 0.05) is 12.8 Å². The summed E-state index contributed by atoms with van der Waals surface area (Å²) in [6.45, 7) is 0. The summed E-state index contributed by atoms with van der Waals surface area (Å²) in [4.78, 5) is 0. The molecule has 0 amide bonds. The Hall–Kier alpha value is -1.06. The van der Waals surface area contributed by atoms with Gasteiger partial charge >= 0.3 is 0 Å². The number of rotatable bonds is 8. The highest BCUT2D eigenvalue weighted by molar-refractivity contribution is 7.87. The predicted octanol–water partition coefficient (Wildman–Crippen LogP) is 0.718. The third kappa shape index (κ3) is 6.08. The summed E-state index contributed by atoms with van der Waals surface area (Å²) in [6, 6.07) is 0. The van der Waals surface area contributed by atoms with E-state index in [2.05, 4.69) is 11.8 Å². The molecule has 0 aromatic carbocycles. The quantitative estimate of drug-likeness (QED) is 0.388. The van der Waals surface area contributed by atoms with Crippen LogP contribution in [0.4, 0.5) is 0 Å². The van der Waals surface area contributed by atoms with Gasteiger partial charge in [0.15, 0.2) is 0 Å². The van der Waals surface area contributed by atoms with Crippen molar-refractivity contribution >= 4 is 20.2 Å². The van der Waals surface area contributed by atoms with Gasteiger partial charge in [0.25, 0.3) is 20.2 Å². The van der Waals surface area contributed by atoms with Gasteiger partial charge in [-0.3, -0.25) is 9.11 Å². The van der Waals surface area contributed by atoms with Gasteiger partial charge in [-0.25, -0.2) is 0 Å². The van der Waals surface area contributed by atoms with E-state index in [1.165, 1.54) is 0 Å². The van der Waals surface area contributed by atoms with Crippen LogP contribution in [-0.2, 0) is 20.2 Å². The molecule has 6 nitrogen and oxygen atoms in total. The van der Waals surface area contributed by atoms with E-state index in [1.54, 1.807) is 0 Å². The van der Waals surface area contributed by atoms with Crippen LogP contribution < -0.4 is 0 Å². The molecule has 0 aromatic heterocycles. The molecule has 0 saturated carbocycles. The lowest BCUT2D eigenvalue weighted by Gasteiger charge is -2.26. The molecular weight excluding hydrogens is 292 g/mol. The SMILES string of the molecule is C#CCC(CC#C)(CCCCS(=O)(=O)O)S(=O)(=O)O. The summed E-state index contributed by atoms with van der Waals surface area (Å²) in [5.41, 5.74) is 0. The van der Waals surface area contributed by atoms with Crippen molar-refractivity contribution < 1.29 is 25.9 Å². The third-order valence-electron chi connectivity index (χ3n) is 2.68. The van der Waals surface area contributed by atoms with Crippen molar-refractivity contribution in [3.8, 4) is 24.7 Å². The number of terminal acetylenes is 2. The Morgan fingerprint density at radius 3 is 1.74 bits per heavy atom. The standard InChI is InChI=1S/C11H16O6S2/c1-3-7-11(8-4-2,19(15,16)17)9-5-6-10-18(12,13)14/h1-2H,5-10H2,(H,12,13,14)(H,15,16,17). The van der Waals surface area contributed by atoms with Gasteiger partial charge in [0.05, 0.1) is 5.75 Å². The largest absolute Gasteiger partial charge is 0.286 e. The van der Waals surface area contributed by atoms with E-state index in [9.17, 15) is 21.4 Å². The summed E-state index contributed by atoms with van der Waals surface area (Å²) in [5, 5.41) is 0. The molecule has 0 fully saturated rings. The number of hydrogen-bond donors (Lipinski definition) is 2. The number of unbranched alkanes of at least 4 members (excludes halogenated alkanes) is 1. The molecular formula is C11H16O6S2. The summed E-state index contributed by atoms with van der Waals surface area (Å²) in [7, 11) is -8.56. The predicted molar refractivity (Wildman–Crippen MR) is 71.4 cm³/mol. The first-order chi connectivity index (χ1) is 8.58. The molecule has 0 radical (unpaired) electrons. The Morgan fingerprint density at radius 1 is 0.947 bits per heavy atom. The normalized spacial score (nSPS) is 12.6. The summed E-state index contributed by atoms with van der Waals surface area (Å²) >= 11 is 0. The molecule has 108 valence electrons. The lowest BCUT2D eigenvalue weighted by atomic mass is 9.94. The first-order valence-electron chi connectivity index (χ1n) is 5.37. The van der Waals surface area contributed by atoms with Crippen LogP contribution in [0, 0.1) is 24.7 Å². The smallest absolute Gasteiger partial charge is 0.272 e. The number of hydrogen-bond acceptors (Lipinski definition) is 4. The first kappa shape index (κ1) is 17.9. The lowest BCUT2D eigenvalue weighted by molar-refractivity contribution is 0.403. The molecule has 0 bridgehead atoms. The minimum atomic E-state index is -4.46. The van der Waals surface area contributed by atoms with Crippen LogP contribution in [0.15, 0.2) is 0 Å². The van der Waals surface area contributed by atoms with Gasteiger partial charge in [-0.2, -0.15) is 16.8 Å². The Kier molecular flexibility index (Phi) is 6.53. The van der Waals surface area contributed by atoms with Crippen LogP contribution in [0.25, 0.3) is 0 Å². The molecule has 0 rings (SSSR count). The van der Waals surface area contributed by atoms with Crippen molar-refractivity contribution in [2.24, 2.45) is 0 Å². The maximum Gasteiger partial charge on any atom is 0.272 e. The maximum atomic E-state index is 11.4. The molecule has 0 spiro atoms. The fourth-order valence-electron chi connectivity index (χ4n) is 1.65. The molecule has 0 aliphatic heterocycles. The molecule has 2 N–H and O–H groups in total. The van der Waals surface area contributed by atoms with Crippen molar-refractivity contribution in [1.82, 2.24) is 0 Å². The minimum absolute atomic E-state index is 0.0469. The first-order valence-corrected chi connectivity index (χ1v) is 8.42. The highest BCUT2D eigenvalue weighted by Crippen LogP contribution is 2.31. The molecule has 0 aromatic rings. The Bertz CT molecular complexity index is 558. The second kappa shape index (κ2) is 6.92. The molecule has 0 atom stereocenters. The van der Waals surface area contributed by atoms with Crippen LogP contribution in [0.1, 0.15) is 32.1 Å². The Morgan fingerprint density at radius 2 is 1.42 bits per heavy atom. The molecule has 0 unspecified atom stereocenters. The zero-order valence-corrected chi connectivity index (χ0v) is 11.9. The van der Waals surface area contributed by atoms with Gasteiger partial charge in [-0.1, -0.05) is 6.42 Å². The molecule has 0 aliphatic rings. The molecule has 0 saturated heterocycles. The van der Waals surface area contributed by atoms with Crippen molar-refractivity contribution in [2.75, 3.05) is 5.75 Å². The van der Waals surface area contributed by atoms with E-state index >= 15 is 0 Å². The molecule has 19 heavy (non-hydrogen) atoms. The van der Waals surface area contributed by atoms with Crippen LogP contribution in [0.2, 0.25) is 0 Å². The average molecular weight is 308 g/mol. The van der Waals surface area contributed by atoms with Gasteiger partial charge in [-0.05, 0) is 12.8 Å². The minimum Gasteiger partial charge on any atom is -0.286 e. The monoisotopic (exact) mass is 308 g/mol. The molecule has 0 heterocycles. The van der Waals surface area contributed by atoms with E-state index < -0.39 is 30.7 Å². The van der Waals surface area contributed by atoms with Crippen LogP contribution in [0.3, 0.4) is 0 Å². The zero-order chi connectivity index (χ0) is 15.2. The lowest BCUT2D eigenvalue weighted by Crippen LogP contribution is -2.38. The topological polar surface area (TPSA) is 109 Å². The summed E-state index contributed by atoms with van der Waals surface area (Å²) in [6.07, 6.45) is 9.76. The zero-order valence-electron chi connectivity index (χ0n) is 10.2. The highest BCUT2D eigenvalue weighted by atomic mass is 32.2. The van der Waals surface area contributed by atoms with Crippen LogP contribution in [-0.4, -0.2) is 36.4 Å². The highest BCUT2D eigenvalue weighted by Gasteiger charge is 2.41. The Balaban J connectivity index is 4.89. The van der Waals surface area contributed by atoms with Gasteiger partial charge < -0.3 is 0 Å². The van der Waals surface area contributed by atoms with E-state index in [0.717, 1.165) is 0 Å². The molecule has 0 aliphatic carbocycles. The van der Waals surface area contributed by atoms with E-state index in [-0.39, 0.29) is 32.1 Å². The van der Waals surface area contributed by atoms with E-state index in [0.29, 0.717) is 0 Å². The van der Waals surface area contributed by atoms with Gasteiger partial charge in [-0.15, -0.1) is 24.7 Å². The summed E-state index contributed by atoms with van der Waals surface area (Å²) < 4.78 is 60.1. The van der Waals surface area contributed by atoms with Gasteiger partial charge in [0.1, 0.15) is 4.75 Å². The molecule has 8 heteroatoms. The van der Waals surface area contributed by atoms with Gasteiger partial charge in [0.2, 0.25) is 0 Å². The average Bonchev–Trinajstić information content (AvgIpc) is 2.21. The fourth-order valence-corrected chi connectivity index (χ4v) is 3.16. The van der Waals surface area contributed by atoms with Crippen molar-refractivity contribution in [3.05, 3.63) is 0 Å². The Labute approximate surface area is 114 Å².